The first-order valence-corrected chi connectivity index (χ1v) is 3.07. The quantitative estimate of drug-likeness (QED) is 0.482. The SMILES string of the molecule is CCN(CC)CC.[LiH]. The number of hydrogen-bond donors (Lipinski definition) is 0. The predicted molar refractivity (Wildman–Crippen MR) is 40.6 cm³/mol. The molecule has 0 aromatic rings. The van der Waals surface area contributed by atoms with Crippen molar-refractivity contribution in [2.24, 2.45) is 0 Å². The second-order valence-electron chi connectivity index (χ2n) is 1.62. The van der Waals surface area contributed by atoms with Crippen LogP contribution < -0.4 is 0 Å². The van der Waals surface area contributed by atoms with E-state index in [4.69, 9.17) is 0 Å². The molecule has 0 aliphatic rings. The van der Waals surface area contributed by atoms with Gasteiger partial charge in [0, 0.05) is 0 Å². The van der Waals surface area contributed by atoms with E-state index in [9.17, 15) is 0 Å². The zero-order chi connectivity index (χ0) is 5.70. The molecule has 0 aromatic carbocycles. The summed E-state index contributed by atoms with van der Waals surface area (Å²) in [6, 6.07) is 0. The van der Waals surface area contributed by atoms with E-state index in [2.05, 4.69) is 25.7 Å². The summed E-state index contributed by atoms with van der Waals surface area (Å²) in [5.41, 5.74) is 0. The van der Waals surface area contributed by atoms with Crippen LogP contribution in [-0.4, -0.2) is 43.4 Å². The number of nitrogens with zero attached hydrogens (tertiary/aromatic N) is 1. The summed E-state index contributed by atoms with van der Waals surface area (Å²) in [5.74, 6) is 0. The van der Waals surface area contributed by atoms with Gasteiger partial charge in [-0.25, -0.2) is 0 Å². The van der Waals surface area contributed by atoms with Crippen LogP contribution in [0.5, 0.6) is 0 Å². The van der Waals surface area contributed by atoms with E-state index in [1.54, 1.807) is 0 Å². The average Bonchev–Trinajstić information content (AvgIpc) is 1.72. The molecule has 0 unspecified atom stereocenters. The molecule has 0 N–H and O–H groups in total. The molecule has 0 bridgehead atoms. The van der Waals surface area contributed by atoms with Gasteiger partial charge in [-0.1, -0.05) is 20.8 Å². The molecule has 0 saturated heterocycles. The van der Waals surface area contributed by atoms with Crippen molar-refractivity contribution >= 4 is 18.9 Å². The van der Waals surface area contributed by atoms with E-state index in [1.807, 2.05) is 0 Å². The van der Waals surface area contributed by atoms with Gasteiger partial charge in [-0.05, 0) is 19.6 Å². The van der Waals surface area contributed by atoms with E-state index >= 15 is 0 Å². The van der Waals surface area contributed by atoms with Crippen LogP contribution in [0.25, 0.3) is 0 Å². The van der Waals surface area contributed by atoms with Crippen molar-refractivity contribution in [2.45, 2.75) is 20.8 Å². The van der Waals surface area contributed by atoms with Gasteiger partial charge in [0.25, 0.3) is 0 Å². The minimum absolute atomic E-state index is 0. The van der Waals surface area contributed by atoms with Crippen molar-refractivity contribution in [1.82, 2.24) is 4.90 Å². The molecule has 0 atom stereocenters. The molecule has 0 amide bonds. The molecule has 0 aromatic heterocycles. The predicted octanol–water partition coefficient (Wildman–Crippen LogP) is 0.700. The van der Waals surface area contributed by atoms with Crippen molar-refractivity contribution in [2.75, 3.05) is 19.6 Å². The Morgan fingerprint density at radius 2 is 1.12 bits per heavy atom. The molecule has 8 heavy (non-hydrogen) atoms. The zero-order valence-electron chi connectivity index (χ0n) is 5.57. The van der Waals surface area contributed by atoms with Crippen molar-refractivity contribution in [3.8, 4) is 0 Å². The van der Waals surface area contributed by atoms with Gasteiger partial charge >= 0.3 is 18.9 Å². The molecule has 0 saturated carbocycles. The molecular weight excluding hydrogens is 93.0 g/mol. The molecule has 46 valence electrons. The first kappa shape index (κ1) is 11.4. The Morgan fingerprint density at radius 1 is 0.875 bits per heavy atom. The van der Waals surface area contributed by atoms with Crippen LogP contribution in [0.1, 0.15) is 20.8 Å². The van der Waals surface area contributed by atoms with Crippen LogP contribution in [0.4, 0.5) is 0 Å². The summed E-state index contributed by atoms with van der Waals surface area (Å²) < 4.78 is 0. The minimum atomic E-state index is 0. The summed E-state index contributed by atoms with van der Waals surface area (Å²) in [6.45, 7) is 10.1. The van der Waals surface area contributed by atoms with Gasteiger partial charge in [0.15, 0.2) is 0 Å². The molecule has 0 radical (unpaired) electrons. The van der Waals surface area contributed by atoms with Gasteiger partial charge in [0.05, 0.1) is 0 Å². The topological polar surface area (TPSA) is 3.24 Å². The number of hydrogen-bond acceptors (Lipinski definition) is 1. The molecule has 0 rings (SSSR count). The van der Waals surface area contributed by atoms with Crippen LogP contribution in [0.3, 0.4) is 0 Å². The van der Waals surface area contributed by atoms with E-state index < -0.39 is 0 Å². The standard InChI is InChI=1S/C6H15N.Li.H/c1-4-7(5-2)6-3;;/h4-6H2,1-3H3;;. The summed E-state index contributed by atoms with van der Waals surface area (Å²) in [4.78, 5) is 2.38. The Hall–Kier alpha value is 0.557. The third kappa shape index (κ3) is 4.71. The number of rotatable bonds is 3. The maximum absolute atomic E-state index is 2.38. The first-order chi connectivity index (χ1) is 3.35. The molecule has 2 heteroatoms. The van der Waals surface area contributed by atoms with E-state index in [0.29, 0.717) is 0 Å². The fourth-order valence-corrected chi connectivity index (χ4v) is 0.671. The van der Waals surface area contributed by atoms with Crippen LogP contribution in [0.2, 0.25) is 0 Å². The summed E-state index contributed by atoms with van der Waals surface area (Å²) in [5, 5.41) is 0. The van der Waals surface area contributed by atoms with Gasteiger partial charge in [-0.3, -0.25) is 0 Å². The van der Waals surface area contributed by atoms with Gasteiger partial charge in [0.2, 0.25) is 0 Å². The first-order valence-electron chi connectivity index (χ1n) is 3.07. The fourth-order valence-electron chi connectivity index (χ4n) is 0.671. The molecule has 0 aliphatic heterocycles. The van der Waals surface area contributed by atoms with Gasteiger partial charge in [-0.2, -0.15) is 0 Å². The molecular formula is C6H16LiN. The fraction of sp³-hybridized carbons (Fsp3) is 1.00. The molecule has 0 heterocycles. The van der Waals surface area contributed by atoms with Gasteiger partial charge in [-0.15, -0.1) is 0 Å². The maximum atomic E-state index is 2.38. The average molecular weight is 109 g/mol. The summed E-state index contributed by atoms with van der Waals surface area (Å²) in [6.07, 6.45) is 0. The molecule has 1 nitrogen and oxygen atoms in total. The molecule has 0 spiro atoms. The van der Waals surface area contributed by atoms with Crippen LogP contribution in [-0.2, 0) is 0 Å². The normalized spacial score (nSPS) is 9.00. The second-order valence-corrected chi connectivity index (χ2v) is 1.62. The Labute approximate surface area is 64.6 Å². The molecule has 0 aliphatic carbocycles. The monoisotopic (exact) mass is 109 g/mol. The third-order valence-corrected chi connectivity index (χ3v) is 1.34. The Bertz CT molecular complexity index is 30.0. The van der Waals surface area contributed by atoms with E-state index in [1.165, 1.54) is 19.6 Å². The Morgan fingerprint density at radius 3 is 1.12 bits per heavy atom. The van der Waals surface area contributed by atoms with E-state index in [0.717, 1.165) is 0 Å². The van der Waals surface area contributed by atoms with Crippen molar-refractivity contribution < 1.29 is 0 Å². The summed E-state index contributed by atoms with van der Waals surface area (Å²) >= 11 is 0. The van der Waals surface area contributed by atoms with Crippen LogP contribution in [0.15, 0.2) is 0 Å². The summed E-state index contributed by atoms with van der Waals surface area (Å²) in [7, 11) is 0. The van der Waals surface area contributed by atoms with Crippen molar-refractivity contribution in [3.63, 3.8) is 0 Å². The van der Waals surface area contributed by atoms with Gasteiger partial charge < -0.3 is 4.90 Å². The third-order valence-electron chi connectivity index (χ3n) is 1.34. The van der Waals surface area contributed by atoms with Crippen LogP contribution in [0, 0.1) is 0 Å². The van der Waals surface area contributed by atoms with Gasteiger partial charge in [0.1, 0.15) is 0 Å². The zero-order valence-corrected chi connectivity index (χ0v) is 5.57. The second kappa shape index (κ2) is 7.56. The Kier molecular flexibility index (Phi) is 10.7. The molecule has 0 fully saturated rings. The van der Waals surface area contributed by atoms with Crippen LogP contribution >= 0.6 is 0 Å². The van der Waals surface area contributed by atoms with Crippen molar-refractivity contribution in [1.29, 1.82) is 0 Å². The Balaban J connectivity index is 0. The van der Waals surface area contributed by atoms with Crippen molar-refractivity contribution in [3.05, 3.63) is 0 Å². The van der Waals surface area contributed by atoms with E-state index in [-0.39, 0.29) is 18.9 Å².